The second-order valence-corrected chi connectivity index (χ2v) is 11.4. The predicted octanol–water partition coefficient (Wildman–Crippen LogP) is 3.78. The molecule has 2 aliphatic heterocycles. The number of aromatic nitrogens is 1. The molecule has 3 heterocycles. The van der Waals surface area contributed by atoms with E-state index in [1.54, 1.807) is 18.3 Å². The summed E-state index contributed by atoms with van der Waals surface area (Å²) >= 11 is 6.07. The number of unbranched alkanes of at least 4 members (excludes halogenated alkanes) is 3. The van der Waals surface area contributed by atoms with Crippen molar-refractivity contribution in [3.8, 4) is 0 Å². The van der Waals surface area contributed by atoms with E-state index in [9.17, 15) is 14.4 Å². The Morgan fingerprint density at radius 2 is 1.65 bits per heavy atom. The monoisotopic (exact) mass is 606 g/mol. The highest BCUT2D eigenvalue weighted by Gasteiger charge is 2.36. The molecule has 11 heteroatoms. The smallest absolute Gasteiger partial charge is 0.261 e. The molecule has 1 aromatic heterocycles. The normalized spacial score (nSPS) is 15.3. The minimum absolute atomic E-state index is 0.0644. The average molecular weight is 607 g/mol. The largest absolute Gasteiger partial charge is 0.395 e. The molecule has 3 N–H and O–H groups in total. The summed E-state index contributed by atoms with van der Waals surface area (Å²) in [5.74, 6) is -0.848. The van der Waals surface area contributed by atoms with Crippen LogP contribution in [0, 0.1) is 0 Å². The molecule has 1 fully saturated rings. The summed E-state index contributed by atoms with van der Waals surface area (Å²) in [4.78, 5) is 48.3. The highest BCUT2D eigenvalue weighted by atomic mass is 35.5. The zero-order chi connectivity index (χ0) is 30.2. The number of piperazine rings is 1. The first-order valence-corrected chi connectivity index (χ1v) is 15.5. The zero-order valence-corrected chi connectivity index (χ0v) is 25.1. The number of anilines is 2. The van der Waals surface area contributed by atoms with Crippen LogP contribution >= 0.6 is 11.6 Å². The van der Waals surface area contributed by atoms with Gasteiger partial charge in [-0.25, -0.2) is 0 Å². The van der Waals surface area contributed by atoms with Crippen molar-refractivity contribution in [2.24, 2.45) is 0 Å². The van der Waals surface area contributed by atoms with Crippen LogP contribution in [0.1, 0.15) is 52.8 Å². The van der Waals surface area contributed by atoms with E-state index in [-0.39, 0.29) is 37.3 Å². The highest BCUT2D eigenvalue weighted by Crippen LogP contribution is 2.28. The molecule has 2 aromatic carbocycles. The van der Waals surface area contributed by atoms with E-state index in [0.29, 0.717) is 29.2 Å². The molecular formula is C32H39ClN6O4. The number of β-amino-alcohol motifs (C(OH)–C–C–N with tert-alkyl or cyclic N) is 1. The van der Waals surface area contributed by atoms with Gasteiger partial charge < -0.3 is 20.6 Å². The number of rotatable bonds is 14. The quantitative estimate of drug-likeness (QED) is 0.187. The minimum atomic E-state index is -0.343. The van der Waals surface area contributed by atoms with E-state index in [2.05, 4.69) is 25.4 Å². The number of nitrogens with one attached hydrogen (secondary N) is 2. The van der Waals surface area contributed by atoms with Crippen LogP contribution in [0.25, 0.3) is 10.9 Å². The van der Waals surface area contributed by atoms with E-state index in [1.165, 1.54) is 4.90 Å². The summed E-state index contributed by atoms with van der Waals surface area (Å²) in [7, 11) is 0. The van der Waals surface area contributed by atoms with Crippen LogP contribution in [-0.4, -0.2) is 96.6 Å². The summed E-state index contributed by atoms with van der Waals surface area (Å²) < 4.78 is 0. The van der Waals surface area contributed by atoms with Gasteiger partial charge in [0.25, 0.3) is 11.8 Å². The number of aliphatic hydroxyl groups excluding tert-OH is 1. The van der Waals surface area contributed by atoms with Crippen LogP contribution in [-0.2, 0) is 4.79 Å². The van der Waals surface area contributed by atoms with Gasteiger partial charge in [0.15, 0.2) is 0 Å². The zero-order valence-electron chi connectivity index (χ0n) is 24.4. The van der Waals surface area contributed by atoms with E-state index in [0.717, 1.165) is 80.7 Å². The fourth-order valence-electron chi connectivity index (χ4n) is 5.68. The van der Waals surface area contributed by atoms with Gasteiger partial charge >= 0.3 is 0 Å². The Kier molecular flexibility index (Phi) is 10.5. The predicted molar refractivity (Wildman–Crippen MR) is 169 cm³/mol. The van der Waals surface area contributed by atoms with Crippen molar-refractivity contribution >= 4 is 51.6 Å². The SMILES string of the molecule is O=C(CCN1C(=O)c2ccc(N3CCN(CCO)CC3)cc2C1=O)NCCCCCCNc1ccnc2cc(Cl)ccc12. The summed E-state index contributed by atoms with van der Waals surface area (Å²) in [6.45, 7) is 5.54. The van der Waals surface area contributed by atoms with Crippen LogP contribution in [0.5, 0.6) is 0 Å². The lowest BCUT2D eigenvalue weighted by Gasteiger charge is -2.35. The van der Waals surface area contributed by atoms with E-state index in [1.807, 2.05) is 30.3 Å². The average Bonchev–Trinajstić information content (AvgIpc) is 3.25. The first kappa shape index (κ1) is 30.7. The molecule has 228 valence electrons. The fraction of sp³-hybridized carbons (Fsp3) is 0.438. The summed E-state index contributed by atoms with van der Waals surface area (Å²) in [6, 6.07) is 13.1. The third-order valence-corrected chi connectivity index (χ3v) is 8.35. The number of carbonyl (C=O) groups excluding carboxylic acids is 3. The van der Waals surface area contributed by atoms with Gasteiger partial charge in [0.1, 0.15) is 0 Å². The molecule has 3 aromatic rings. The molecule has 1 saturated heterocycles. The van der Waals surface area contributed by atoms with Crippen LogP contribution in [0.15, 0.2) is 48.7 Å². The molecule has 3 amide bonds. The van der Waals surface area contributed by atoms with Gasteiger partial charge in [0.2, 0.25) is 5.91 Å². The summed E-state index contributed by atoms with van der Waals surface area (Å²) in [5, 5.41) is 17.3. The van der Waals surface area contributed by atoms with Gasteiger partial charge in [-0.2, -0.15) is 0 Å². The molecule has 10 nitrogen and oxygen atoms in total. The van der Waals surface area contributed by atoms with Crippen molar-refractivity contribution in [3.63, 3.8) is 0 Å². The van der Waals surface area contributed by atoms with Crippen molar-refractivity contribution < 1.29 is 19.5 Å². The molecule has 0 unspecified atom stereocenters. The molecule has 0 aliphatic carbocycles. The number of pyridine rings is 1. The molecule has 0 spiro atoms. The Labute approximate surface area is 257 Å². The number of amides is 3. The maximum absolute atomic E-state index is 13.1. The second-order valence-electron chi connectivity index (χ2n) is 11.0. The van der Waals surface area contributed by atoms with E-state index < -0.39 is 0 Å². The topological polar surface area (TPSA) is 118 Å². The lowest BCUT2D eigenvalue weighted by molar-refractivity contribution is -0.121. The molecular weight excluding hydrogens is 568 g/mol. The van der Waals surface area contributed by atoms with Crippen LogP contribution in [0.4, 0.5) is 11.4 Å². The molecule has 0 atom stereocenters. The van der Waals surface area contributed by atoms with Crippen LogP contribution in [0.2, 0.25) is 5.02 Å². The molecule has 2 aliphatic rings. The number of fused-ring (bicyclic) bond motifs is 2. The van der Waals surface area contributed by atoms with Crippen molar-refractivity contribution in [1.82, 2.24) is 20.1 Å². The number of nitrogens with zero attached hydrogens (tertiary/aromatic N) is 4. The summed E-state index contributed by atoms with van der Waals surface area (Å²) in [6.07, 6.45) is 5.76. The number of carbonyl (C=O) groups is 3. The second kappa shape index (κ2) is 14.6. The standard InChI is InChI=1S/C32H39ClN6O4/c33-23-5-7-26-28(9-13-35-29(26)21-23)34-11-3-1-2-4-12-36-30(41)10-14-39-31(42)25-8-6-24(22-27(25)32(39)43)38-17-15-37(16-18-38)19-20-40/h5-9,13,21-22,40H,1-4,10-12,14-20H2,(H,34,35)(H,36,41). The van der Waals surface area contributed by atoms with Crippen LogP contribution < -0.4 is 15.5 Å². The number of halogens is 1. The number of hydrogen-bond donors (Lipinski definition) is 3. The molecule has 0 radical (unpaired) electrons. The lowest BCUT2D eigenvalue weighted by atomic mass is 10.1. The maximum atomic E-state index is 13.1. The molecule has 5 rings (SSSR count). The van der Waals surface area contributed by atoms with E-state index in [4.69, 9.17) is 16.7 Å². The van der Waals surface area contributed by atoms with Crippen molar-refractivity contribution in [3.05, 3.63) is 64.8 Å². The highest BCUT2D eigenvalue weighted by molar-refractivity contribution is 6.31. The first-order valence-electron chi connectivity index (χ1n) is 15.1. The van der Waals surface area contributed by atoms with Crippen molar-refractivity contribution in [2.45, 2.75) is 32.1 Å². The number of hydrogen-bond acceptors (Lipinski definition) is 8. The Hall–Kier alpha value is -3.73. The number of imide groups is 1. The van der Waals surface area contributed by atoms with Crippen LogP contribution in [0.3, 0.4) is 0 Å². The Morgan fingerprint density at radius 1 is 0.884 bits per heavy atom. The third kappa shape index (κ3) is 7.62. The molecule has 0 saturated carbocycles. The van der Waals surface area contributed by atoms with E-state index >= 15 is 0 Å². The first-order chi connectivity index (χ1) is 20.9. The van der Waals surface area contributed by atoms with Gasteiger partial charge in [-0.15, -0.1) is 0 Å². The Balaban J connectivity index is 0.976. The van der Waals surface area contributed by atoms with Gasteiger partial charge in [-0.3, -0.25) is 29.2 Å². The van der Waals surface area contributed by atoms with Gasteiger partial charge in [0.05, 0.1) is 23.3 Å². The Bertz CT molecular complexity index is 1460. The maximum Gasteiger partial charge on any atom is 0.261 e. The third-order valence-electron chi connectivity index (χ3n) is 8.12. The number of aliphatic hydroxyl groups is 1. The summed E-state index contributed by atoms with van der Waals surface area (Å²) in [5.41, 5.74) is 3.61. The number of benzene rings is 2. The van der Waals surface area contributed by atoms with Gasteiger partial charge in [-0.1, -0.05) is 24.4 Å². The molecule has 43 heavy (non-hydrogen) atoms. The van der Waals surface area contributed by atoms with Crippen molar-refractivity contribution in [2.75, 3.05) is 69.2 Å². The fourth-order valence-corrected chi connectivity index (χ4v) is 5.85. The van der Waals surface area contributed by atoms with Gasteiger partial charge in [-0.05, 0) is 55.3 Å². The minimum Gasteiger partial charge on any atom is -0.395 e. The van der Waals surface area contributed by atoms with Gasteiger partial charge in [0, 0.05) is 86.8 Å². The molecule has 0 bridgehead atoms. The lowest BCUT2D eigenvalue weighted by Crippen LogP contribution is -2.47. The van der Waals surface area contributed by atoms with Crippen molar-refractivity contribution in [1.29, 1.82) is 0 Å². The Morgan fingerprint density at radius 3 is 2.44 bits per heavy atom.